The van der Waals surface area contributed by atoms with Crippen molar-refractivity contribution in [3.05, 3.63) is 66.2 Å². The second-order valence-corrected chi connectivity index (χ2v) is 8.93. The summed E-state index contributed by atoms with van der Waals surface area (Å²) in [4.78, 5) is 15.0. The fraction of sp³-hybridized carbons (Fsp3) is 0.381. The Hall–Kier alpha value is -2.22. The maximum absolute atomic E-state index is 12.5. The smallest absolute Gasteiger partial charge is 0.221 e. The lowest BCUT2D eigenvalue weighted by atomic mass is 10.1. The molecular weight excluding hydrogens is 376 g/mol. The average molecular weight is 403 g/mol. The van der Waals surface area contributed by atoms with Gasteiger partial charge in [0.1, 0.15) is 0 Å². The second-order valence-electron chi connectivity index (χ2n) is 6.83. The zero-order chi connectivity index (χ0) is 19.8. The van der Waals surface area contributed by atoms with E-state index in [0.717, 1.165) is 18.7 Å². The van der Waals surface area contributed by atoms with Gasteiger partial charge in [0.2, 0.25) is 5.91 Å². The van der Waals surface area contributed by atoms with Crippen molar-refractivity contribution < 1.29 is 17.9 Å². The molecule has 0 saturated carbocycles. The van der Waals surface area contributed by atoms with Crippen LogP contribution in [0.25, 0.3) is 0 Å². The number of carbonyl (C=O) groups excluding carboxylic acids is 1. The molecule has 0 aromatic heterocycles. The van der Waals surface area contributed by atoms with Crippen LogP contribution in [0.15, 0.2) is 65.6 Å². The SMILES string of the molecule is O=C(CCS(=O)(=O)c1ccccc1)N[C@@H](CN1CCOCC1)c1ccccc1. The minimum atomic E-state index is -3.47. The summed E-state index contributed by atoms with van der Waals surface area (Å²) in [5, 5.41) is 3.02. The van der Waals surface area contributed by atoms with Gasteiger partial charge in [0.15, 0.2) is 9.84 Å². The largest absolute Gasteiger partial charge is 0.379 e. The average Bonchev–Trinajstić information content (AvgIpc) is 2.74. The number of amides is 1. The van der Waals surface area contributed by atoms with Crippen LogP contribution < -0.4 is 5.32 Å². The number of sulfone groups is 1. The Balaban J connectivity index is 1.62. The van der Waals surface area contributed by atoms with Gasteiger partial charge in [-0.25, -0.2) is 8.42 Å². The minimum absolute atomic E-state index is 0.0658. The Morgan fingerprint density at radius 2 is 1.61 bits per heavy atom. The summed E-state index contributed by atoms with van der Waals surface area (Å²) in [6.45, 7) is 3.68. The number of carbonyl (C=O) groups is 1. The van der Waals surface area contributed by atoms with Crippen molar-refractivity contribution in [3.63, 3.8) is 0 Å². The molecule has 1 fully saturated rings. The summed E-state index contributed by atoms with van der Waals surface area (Å²) in [6.07, 6.45) is -0.0658. The van der Waals surface area contributed by atoms with Gasteiger partial charge in [0, 0.05) is 26.1 Å². The maximum atomic E-state index is 12.5. The molecule has 0 unspecified atom stereocenters. The molecule has 2 aromatic rings. The van der Waals surface area contributed by atoms with Crippen LogP contribution in [0.1, 0.15) is 18.0 Å². The Labute approximate surface area is 166 Å². The summed E-state index contributed by atoms with van der Waals surface area (Å²) in [5.74, 6) is -0.469. The predicted octanol–water partition coefficient (Wildman–Crippen LogP) is 2.04. The van der Waals surface area contributed by atoms with E-state index in [9.17, 15) is 13.2 Å². The van der Waals surface area contributed by atoms with Crippen molar-refractivity contribution in [1.29, 1.82) is 0 Å². The van der Waals surface area contributed by atoms with E-state index in [2.05, 4.69) is 10.2 Å². The summed E-state index contributed by atoms with van der Waals surface area (Å²) < 4.78 is 30.2. The van der Waals surface area contributed by atoms with Gasteiger partial charge in [-0.2, -0.15) is 0 Å². The molecule has 0 aliphatic carbocycles. The molecule has 7 heteroatoms. The van der Waals surface area contributed by atoms with Gasteiger partial charge in [-0.1, -0.05) is 48.5 Å². The van der Waals surface area contributed by atoms with Gasteiger partial charge in [-0.05, 0) is 17.7 Å². The van der Waals surface area contributed by atoms with Crippen LogP contribution in [-0.4, -0.2) is 57.8 Å². The number of benzene rings is 2. The molecule has 2 aromatic carbocycles. The number of hydrogen-bond acceptors (Lipinski definition) is 5. The standard InChI is InChI=1S/C21H26N2O4S/c24-21(11-16-28(25,26)19-9-5-2-6-10-19)22-20(18-7-3-1-4-8-18)17-23-12-14-27-15-13-23/h1-10,20H,11-17H2,(H,22,24)/t20-/m0/s1. The topological polar surface area (TPSA) is 75.7 Å². The van der Waals surface area contributed by atoms with E-state index < -0.39 is 9.84 Å². The number of hydrogen-bond donors (Lipinski definition) is 1. The Kier molecular flexibility index (Phi) is 7.19. The van der Waals surface area contributed by atoms with Crippen LogP contribution >= 0.6 is 0 Å². The molecular formula is C21H26N2O4S. The lowest BCUT2D eigenvalue weighted by molar-refractivity contribution is -0.121. The molecule has 1 aliphatic rings. The van der Waals surface area contributed by atoms with Gasteiger partial charge in [0.05, 0.1) is 29.9 Å². The lowest BCUT2D eigenvalue weighted by Gasteiger charge is -2.31. The van der Waals surface area contributed by atoms with E-state index in [0.29, 0.717) is 19.8 Å². The predicted molar refractivity (Wildman–Crippen MR) is 108 cm³/mol. The van der Waals surface area contributed by atoms with Crippen LogP contribution in [0.3, 0.4) is 0 Å². The Morgan fingerprint density at radius 1 is 1.00 bits per heavy atom. The molecule has 1 N–H and O–H groups in total. The number of nitrogens with zero attached hydrogens (tertiary/aromatic N) is 1. The highest BCUT2D eigenvalue weighted by Crippen LogP contribution is 2.16. The van der Waals surface area contributed by atoms with Gasteiger partial charge in [-0.3, -0.25) is 9.69 Å². The van der Waals surface area contributed by atoms with E-state index in [1.807, 2.05) is 30.3 Å². The van der Waals surface area contributed by atoms with Crippen LogP contribution in [-0.2, 0) is 19.4 Å². The van der Waals surface area contributed by atoms with Crippen molar-refractivity contribution in [2.24, 2.45) is 0 Å². The van der Waals surface area contributed by atoms with E-state index in [4.69, 9.17) is 4.74 Å². The molecule has 1 heterocycles. The molecule has 150 valence electrons. The van der Waals surface area contributed by atoms with E-state index in [1.165, 1.54) is 0 Å². The first-order valence-corrected chi connectivity index (χ1v) is 11.1. The molecule has 6 nitrogen and oxygen atoms in total. The molecule has 1 amide bonds. The maximum Gasteiger partial charge on any atom is 0.221 e. The third kappa shape index (κ3) is 5.89. The lowest BCUT2D eigenvalue weighted by Crippen LogP contribution is -2.43. The van der Waals surface area contributed by atoms with Gasteiger partial charge in [0.25, 0.3) is 0 Å². The van der Waals surface area contributed by atoms with Gasteiger partial charge in [-0.15, -0.1) is 0 Å². The Bertz CT molecular complexity index is 850. The minimum Gasteiger partial charge on any atom is -0.379 e. The molecule has 1 aliphatic heterocycles. The van der Waals surface area contributed by atoms with E-state index >= 15 is 0 Å². The van der Waals surface area contributed by atoms with Crippen molar-refractivity contribution in [2.75, 3.05) is 38.6 Å². The van der Waals surface area contributed by atoms with Crippen molar-refractivity contribution in [3.8, 4) is 0 Å². The summed E-state index contributed by atoms with van der Waals surface area (Å²) >= 11 is 0. The monoisotopic (exact) mass is 402 g/mol. The first-order chi connectivity index (χ1) is 13.5. The first-order valence-electron chi connectivity index (χ1n) is 9.47. The quantitative estimate of drug-likeness (QED) is 0.731. The molecule has 1 saturated heterocycles. The zero-order valence-electron chi connectivity index (χ0n) is 15.8. The number of ether oxygens (including phenoxy) is 1. The van der Waals surface area contributed by atoms with Crippen LogP contribution in [0, 0.1) is 0 Å². The normalized spacial score (nSPS) is 16.4. The summed E-state index contributed by atoms with van der Waals surface area (Å²) in [7, 11) is -3.47. The number of nitrogens with one attached hydrogen (secondary N) is 1. The Morgan fingerprint density at radius 3 is 2.25 bits per heavy atom. The van der Waals surface area contributed by atoms with E-state index in [1.54, 1.807) is 30.3 Å². The fourth-order valence-corrected chi connectivity index (χ4v) is 4.46. The van der Waals surface area contributed by atoms with Crippen molar-refractivity contribution in [2.45, 2.75) is 17.4 Å². The first kappa shape index (κ1) is 20.5. The van der Waals surface area contributed by atoms with Crippen LogP contribution in [0.4, 0.5) is 0 Å². The third-order valence-corrected chi connectivity index (χ3v) is 6.51. The molecule has 1 atom stereocenters. The molecule has 28 heavy (non-hydrogen) atoms. The third-order valence-electron chi connectivity index (χ3n) is 4.78. The van der Waals surface area contributed by atoms with Crippen molar-refractivity contribution in [1.82, 2.24) is 10.2 Å². The molecule has 0 bridgehead atoms. The molecule has 3 rings (SSSR count). The van der Waals surface area contributed by atoms with Crippen LogP contribution in [0.2, 0.25) is 0 Å². The second kappa shape index (κ2) is 9.82. The highest BCUT2D eigenvalue weighted by Gasteiger charge is 2.22. The van der Waals surface area contributed by atoms with E-state index in [-0.39, 0.29) is 29.0 Å². The number of morpholine rings is 1. The fourth-order valence-electron chi connectivity index (χ4n) is 3.20. The van der Waals surface area contributed by atoms with Gasteiger partial charge >= 0.3 is 0 Å². The highest BCUT2D eigenvalue weighted by molar-refractivity contribution is 7.91. The summed E-state index contributed by atoms with van der Waals surface area (Å²) in [5.41, 5.74) is 1.01. The summed E-state index contributed by atoms with van der Waals surface area (Å²) in [6, 6.07) is 17.8. The van der Waals surface area contributed by atoms with Crippen molar-refractivity contribution >= 4 is 15.7 Å². The van der Waals surface area contributed by atoms with Crippen LogP contribution in [0.5, 0.6) is 0 Å². The molecule has 0 radical (unpaired) electrons. The number of rotatable bonds is 8. The van der Waals surface area contributed by atoms with Gasteiger partial charge < -0.3 is 10.1 Å². The zero-order valence-corrected chi connectivity index (χ0v) is 16.6. The highest BCUT2D eigenvalue weighted by atomic mass is 32.2. The molecule has 0 spiro atoms.